The first-order valence-corrected chi connectivity index (χ1v) is 14.8. The summed E-state index contributed by atoms with van der Waals surface area (Å²) in [5, 5.41) is 3.89. The van der Waals surface area contributed by atoms with Crippen LogP contribution in [0.5, 0.6) is 0 Å². The van der Waals surface area contributed by atoms with Gasteiger partial charge in [0.1, 0.15) is 6.29 Å². The molecule has 7 nitrogen and oxygen atoms in total. The molecule has 234 valence electrons. The number of hydrogen-bond donors (Lipinski definition) is 1. The molecular weight excluding hydrogens is 564 g/mol. The Morgan fingerprint density at radius 1 is 1.09 bits per heavy atom. The molecule has 2 unspecified atom stereocenters. The Morgan fingerprint density at radius 2 is 1.86 bits per heavy atom. The van der Waals surface area contributed by atoms with Crippen LogP contribution in [-0.2, 0) is 38.4 Å². The molecule has 0 saturated carbocycles. The highest BCUT2D eigenvalue weighted by Gasteiger charge is 2.28. The maximum Gasteiger partial charge on any atom is 0.293 e. The molecule has 0 amide bonds. The first-order valence-electron chi connectivity index (χ1n) is 14.8. The number of rotatable bonds is 15. The van der Waals surface area contributed by atoms with Gasteiger partial charge in [-0.3, -0.25) is 9.78 Å². The maximum absolute atomic E-state index is 14.0. The molecule has 4 rings (SSSR count). The molecule has 0 aliphatic heterocycles. The monoisotopic (exact) mass is 605 g/mol. The van der Waals surface area contributed by atoms with E-state index in [1.807, 2.05) is 51.1 Å². The van der Waals surface area contributed by atoms with Crippen molar-refractivity contribution < 1.29 is 27.8 Å². The lowest BCUT2D eigenvalue weighted by Gasteiger charge is -2.25. The van der Waals surface area contributed by atoms with Gasteiger partial charge in [0.05, 0.1) is 30.1 Å². The van der Waals surface area contributed by atoms with E-state index in [9.17, 15) is 18.4 Å². The minimum atomic E-state index is -2.66. The molecule has 0 fully saturated rings. The van der Waals surface area contributed by atoms with Crippen LogP contribution in [0.25, 0.3) is 33.3 Å². The second-order valence-corrected chi connectivity index (χ2v) is 11.9. The van der Waals surface area contributed by atoms with Crippen LogP contribution in [-0.4, -0.2) is 49.1 Å². The molecule has 2 heterocycles. The highest BCUT2D eigenvalue weighted by molar-refractivity contribution is 5.95. The lowest BCUT2D eigenvalue weighted by atomic mass is 9.84. The van der Waals surface area contributed by atoms with Gasteiger partial charge in [-0.1, -0.05) is 32.0 Å². The number of likely N-dealkylation sites (N-methyl/N-ethyl adjacent to an activating group) is 1. The SMILES string of the molecule is CCn1c(-c2cccnc2C(C)OC)c(CC(C)(C)COC=O)c2cc(-c3cc(CC(C=O)NC)cc(C(F)F)c3)ccc21. The Kier molecular flexibility index (Phi) is 10.7. The van der Waals surface area contributed by atoms with Crippen LogP contribution in [0.4, 0.5) is 8.78 Å². The van der Waals surface area contributed by atoms with Crippen LogP contribution < -0.4 is 5.32 Å². The van der Waals surface area contributed by atoms with Gasteiger partial charge in [0.2, 0.25) is 0 Å². The average molecular weight is 606 g/mol. The fourth-order valence-corrected chi connectivity index (χ4v) is 5.86. The van der Waals surface area contributed by atoms with Crippen molar-refractivity contribution in [2.45, 2.75) is 65.7 Å². The van der Waals surface area contributed by atoms with Gasteiger partial charge in [0, 0.05) is 47.3 Å². The number of aryl methyl sites for hydroxylation is 1. The zero-order valence-electron chi connectivity index (χ0n) is 26.2. The van der Waals surface area contributed by atoms with Crippen LogP contribution in [0.1, 0.15) is 62.6 Å². The summed E-state index contributed by atoms with van der Waals surface area (Å²) in [6.07, 6.45) is 0.496. The smallest absolute Gasteiger partial charge is 0.293 e. The van der Waals surface area contributed by atoms with Gasteiger partial charge in [-0.25, -0.2) is 8.78 Å². The van der Waals surface area contributed by atoms with Gasteiger partial charge >= 0.3 is 0 Å². The van der Waals surface area contributed by atoms with Crippen molar-refractivity contribution in [3.63, 3.8) is 0 Å². The van der Waals surface area contributed by atoms with Gasteiger partial charge in [-0.15, -0.1) is 0 Å². The Bertz CT molecular complexity index is 1620. The van der Waals surface area contributed by atoms with Crippen LogP contribution >= 0.6 is 0 Å². The minimum Gasteiger partial charge on any atom is -0.467 e. The number of ether oxygens (including phenoxy) is 2. The third-order valence-electron chi connectivity index (χ3n) is 8.11. The van der Waals surface area contributed by atoms with Crippen LogP contribution in [0.2, 0.25) is 0 Å². The Morgan fingerprint density at radius 3 is 2.50 bits per heavy atom. The first kappa shape index (κ1) is 33.0. The minimum absolute atomic E-state index is 0.0916. The number of hydrogen-bond acceptors (Lipinski definition) is 6. The van der Waals surface area contributed by atoms with E-state index in [-0.39, 0.29) is 18.3 Å². The number of methoxy groups -OCH3 is 1. The van der Waals surface area contributed by atoms with Crippen molar-refractivity contribution in [2.75, 3.05) is 20.8 Å². The highest BCUT2D eigenvalue weighted by atomic mass is 19.3. The van der Waals surface area contributed by atoms with Gasteiger partial charge in [0.15, 0.2) is 0 Å². The van der Waals surface area contributed by atoms with E-state index >= 15 is 0 Å². The molecule has 0 aliphatic rings. The Balaban J connectivity index is 2.00. The summed E-state index contributed by atoms with van der Waals surface area (Å²) in [4.78, 5) is 27.3. The molecule has 2 aromatic heterocycles. The van der Waals surface area contributed by atoms with Gasteiger partial charge in [-0.05, 0) is 86.3 Å². The van der Waals surface area contributed by atoms with Gasteiger partial charge in [-0.2, -0.15) is 0 Å². The van der Waals surface area contributed by atoms with Crippen LogP contribution in [0, 0.1) is 5.41 Å². The molecule has 9 heteroatoms. The molecular formula is C35H41F2N3O4. The van der Waals surface area contributed by atoms with E-state index in [4.69, 9.17) is 9.47 Å². The molecule has 1 N–H and O–H groups in total. The highest BCUT2D eigenvalue weighted by Crippen LogP contribution is 2.42. The van der Waals surface area contributed by atoms with E-state index in [1.165, 1.54) is 12.1 Å². The van der Waals surface area contributed by atoms with Crippen molar-refractivity contribution in [3.05, 3.63) is 77.1 Å². The zero-order chi connectivity index (χ0) is 32.0. The van der Waals surface area contributed by atoms with Crippen LogP contribution in [0.3, 0.4) is 0 Å². The fourth-order valence-electron chi connectivity index (χ4n) is 5.86. The third kappa shape index (κ3) is 7.05. The number of aromatic nitrogens is 2. The van der Waals surface area contributed by atoms with E-state index in [0.717, 1.165) is 45.3 Å². The first-order chi connectivity index (χ1) is 21.1. The lowest BCUT2D eigenvalue weighted by Crippen LogP contribution is -2.28. The second-order valence-electron chi connectivity index (χ2n) is 11.9. The van der Waals surface area contributed by atoms with Crippen molar-refractivity contribution in [1.29, 1.82) is 0 Å². The number of carbonyl (C=O) groups is 2. The number of nitrogens with one attached hydrogen (secondary N) is 1. The second kappa shape index (κ2) is 14.2. The number of nitrogens with zero attached hydrogens (tertiary/aromatic N) is 2. The number of aldehydes is 1. The summed E-state index contributed by atoms with van der Waals surface area (Å²) in [5.74, 6) is 0. The van der Waals surface area contributed by atoms with Crippen molar-refractivity contribution in [3.8, 4) is 22.4 Å². The Labute approximate surface area is 257 Å². The van der Waals surface area contributed by atoms with Gasteiger partial charge < -0.3 is 24.2 Å². The predicted molar refractivity (Wildman–Crippen MR) is 169 cm³/mol. The molecule has 0 bridgehead atoms. The summed E-state index contributed by atoms with van der Waals surface area (Å²) in [7, 11) is 3.33. The van der Waals surface area contributed by atoms with E-state index in [2.05, 4.69) is 27.9 Å². The maximum atomic E-state index is 14.0. The van der Waals surface area contributed by atoms with E-state index in [1.54, 1.807) is 20.4 Å². The molecule has 2 aromatic carbocycles. The lowest BCUT2D eigenvalue weighted by molar-refractivity contribution is -0.131. The summed E-state index contributed by atoms with van der Waals surface area (Å²) in [5.41, 5.74) is 6.37. The zero-order valence-corrected chi connectivity index (χ0v) is 26.2. The normalized spacial score (nSPS) is 13.3. The summed E-state index contributed by atoms with van der Waals surface area (Å²) in [6.45, 7) is 9.50. The van der Waals surface area contributed by atoms with Crippen molar-refractivity contribution in [1.82, 2.24) is 14.9 Å². The molecule has 0 saturated heterocycles. The number of carbonyl (C=O) groups excluding carboxylic acids is 2. The fraction of sp³-hybridized carbons (Fsp3) is 0.400. The molecule has 0 aliphatic carbocycles. The van der Waals surface area contributed by atoms with Crippen molar-refractivity contribution in [2.24, 2.45) is 5.41 Å². The van der Waals surface area contributed by atoms with Crippen LogP contribution in [0.15, 0.2) is 54.7 Å². The predicted octanol–water partition coefficient (Wildman–Crippen LogP) is 7.11. The molecule has 0 radical (unpaired) electrons. The number of halogens is 2. The summed E-state index contributed by atoms with van der Waals surface area (Å²) in [6, 6.07) is 14.4. The Hall–Kier alpha value is -3.95. The number of fused-ring (bicyclic) bond motifs is 1. The summed E-state index contributed by atoms with van der Waals surface area (Å²) < 4.78 is 41.2. The van der Waals surface area contributed by atoms with E-state index in [0.29, 0.717) is 37.0 Å². The topological polar surface area (TPSA) is 82.5 Å². The summed E-state index contributed by atoms with van der Waals surface area (Å²) >= 11 is 0. The average Bonchev–Trinajstić information content (AvgIpc) is 3.33. The van der Waals surface area contributed by atoms with Crippen molar-refractivity contribution >= 4 is 23.7 Å². The number of pyridine rings is 1. The molecule has 44 heavy (non-hydrogen) atoms. The third-order valence-corrected chi connectivity index (χ3v) is 8.11. The molecule has 4 aromatic rings. The molecule has 0 spiro atoms. The van der Waals surface area contributed by atoms with Gasteiger partial charge in [0.25, 0.3) is 12.9 Å². The van der Waals surface area contributed by atoms with E-state index < -0.39 is 17.9 Å². The standard InChI is InChI=1S/C35H41F2N3O4/c1-7-40-31-11-10-24(25-13-23(15-27(19-41)38-5)14-26(16-25)34(36)37)17-29(31)30(18-35(3,4)20-44-21-42)33(40)28-9-8-12-39-32(28)22(2)43-6/h8-14,16-17,19,21-22,27,34,38H,7,15,18,20H2,1-6H3. The number of benzene rings is 2. The molecule has 2 atom stereocenters. The largest absolute Gasteiger partial charge is 0.467 e. The quantitative estimate of drug-likeness (QED) is 0.146. The number of alkyl halides is 2.